The molecule has 2 unspecified atom stereocenters. The number of nitrogens with zero attached hydrogens (tertiary/aromatic N) is 5. The molecular formula is C33H39N7O6. The number of imide groups is 1. The molecule has 46 heavy (non-hydrogen) atoms. The fourth-order valence-corrected chi connectivity index (χ4v) is 6.00. The van der Waals surface area contributed by atoms with Crippen molar-refractivity contribution in [2.24, 2.45) is 7.05 Å². The van der Waals surface area contributed by atoms with E-state index in [0.717, 1.165) is 0 Å². The number of aryl methyl sites for hydroxylation is 2. The fraction of sp³-hybridized carbons (Fsp3) is 0.424. The number of carbonyl (C=O) groups excluding carboxylic acids is 5. The number of rotatable bonds is 10. The Kier molecular flexibility index (Phi) is 8.95. The molecule has 2 aliphatic rings. The number of piperidine rings is 1. The Morgan fingerprint density at radius 3 is 2.54 bits per heavy atom. The second kappa shape index (κ2) is 12.7. The zero-order valence-corrected chi connectivity index (χ0v) is 26.7. The maximum Gasteiger partial charge on any atom is 0.255 e. The van der Waals surface area contributed by atoms with Gasteiger partial charge in [-0.2, -0.15) is 5.10 Å². The van der Waals surface area contributed by atoms with Crippen molar-refractivity contribution in [3.05, 3.63) is 87.1 Å². The molecule has 5 rings (SSSR count). The topological polar surface area (TPSA) is 156 Å². The number of fused-ring (bicyclic) bond motifs is 1. The quantitative estimate of drug-likeness (QED) is 0.324. The molecule has 0 aliphatic carbocycles. The van der Waals surface area contributed by atoms with Gasteiger partial charge in [0.15, 0.2) is 6.04 Å². The van der Waals surface area contributed by atoms with Gasteiger partial charge in [-0.3, -0.25) is 38.8 Å². The number of carbonyl (C=O) groups is 5. The maximum absolute atomic E-state index is 14.8. The van der Waals surface area contributed by atoms with Crippen LogP contribution >= 0.6 is 0 Å². The van der Waals surface area contributed by atoms with Gasteiger partial charge in [-0.05, 0) is 62.9 Å². The Labute approximate surface area is 266 Å². The van der Waals surface area contributed by atoms with Crippen LogP contribution in [0.25, 0.3) is 0 Å². The van der Waals surface area contributed by atoms with Crippen LogP contribution in [0.4, 0.5) is 0 Å². The van der Waals surface area contributed by atoms with Crippen LogP contribution < -0.4 is 16.2 Å². The van der Waals surface area contributed by atoms with Crippen LogP contribution in [0, 0.1) is 6.92 Å². The summed E-state index contributed by atoms with van der Waals surface area (Å²) in [7, 11) is 1.70. The van der Waals surface area contributed by atoms with Gasteiger partial charge in [0.25, 0.3) is 17.4 Å². The normalized spacial score (nSPS) is 17.0. The average molecular weight is 630 g/mol. The van der Waals surface area contributed by atoms with E-state index in [4.69, 9.17) is 0 Å². The minimum atomic E-state index is -1.13. The highest BCUT2D eigenvalue weighted by molar-refractivity contribution is 6.08. The number of aromatic nitrogens is 3. The standard InChI is InChI=1S/C33H39N7O6/c1-6-33(3,4)36-30(44)28(27-20(2)18-34-37(27)5)39(17-16-38-15-8-7-12-26(38)42)31(45)21-10-9-11-22-23(21)19-40(32(22)46)24-13-14-25(41)35-29(24)43/h7-12,15,18,24,28H,6,13-14,16-17,19H2,1-5H3,(H,36,44)(H,35,41,43). The molecule has 2 aromatic heterocycles. The molecule has 1 saturated heterocycles. The lowest BCUT2D eigenvalue weighted by Gasteiger charge is -2.35. The zero-order chi connectivity index (χ0) is 33.3. The second-order valence-electron chi connectivity index (χ2n) is 12.4. The molecule has 0 bridgehead atoms. The van der Waals surface area contributed by atoms with Crippen molar-refractivity contribution in [1.82, 2.24) is 34.8 Å². The fourth-order valence-electron chi connectivity index (χ4n) is 6.00. The number of amides is 5. The van der Waals surface area contributed by atoms with E-state index in [0.29, 0.717) is 23.2 Å². The number of hydrogen-bond acceptors (Lipinski definition) is 7. The minimum absolute atomic E-state index is 0.0151. The molecule has 0 spiro atoms. The molecule has 13 heteroatoms. The summed E-state index contributed by atoms with van der Waals surface area (Å²) in [4.78, 5) is 82.4. The molecule has 5 amide bonds. The number of benzene rings is 1. The Bertz CT molecular complexity index is 1750. The Hall–Kier alpha value is -5.07. The lowest BCUT2D eigenvalue weighted by Crippen LogP contribution is -2.52. The van der Waals surface area contributed by atoms with Crippen LogP contribution in [-0.4, -0.2) is 71.8 Å². The van der Waals surface area contributed by atoms with E-state index < -0.39 is 47.2 Å². The number of hydrogen-bond donors (Lipinski definition) is 2. The van der Waals surface area contributed by atoms with E-state index >= 15 is 0 Å². The predicted octanol–water partition coefficient (Wildman–Crippen LogP) is 1.84. The molecule has 2 aliphatic heterocycles. The molecule has 0 saturated carbocycles. The maximum atomic E-state index is 14.8. The van der Waals surface area contributed by atoms with E-state index in [1.165, 1.54) is 20.4 Å². The summed E-state index contributed by atoms with van der Waals surface area (Å²) in [5.74, 6) is -2.30. The van der Waals surface area contributed by atoms with Gasteiger partial charge < -0.3 is 19.7 Å². The summed E-state index contributed by atoms with van der Waals surface area (Å²) in [6.45, 7) is 7.62. The third-order valence-corrected chi connectivity index (χ3v) is 8.90. The van der Waals surface area contributed by atoms with E-state index in [2.05, 4.69) is 15.7 Å². The average Bonchev–Trinajstić information content (AvgIpc) is 3.52. The molecule has 4 heterocycles. The first-order valence-electron chi connectivity index (χ1n) is 15.4. The van der Waals surface area contributed by atoms with Gasteiger partial charge in [0.05, 0.1) is 11.9 Å². The number of nitrogens with one attached hydrogen (secondary N) is 2. The predicted molar refractivity (Wildman–Crippen MR) is 167 cm³/mol. The molecule has 1 fully saturated rings. The molecule has 2 atom stereocenters. The molecule has 3 aromatic rings. The highest BCUT2D eigenvalue weighted by Crippen LogP contribution is 2.33. The first-order chi connectivity index (χ1) is 21.8. The molecule has 13 nitrogen and oxygen atoms in total. The first kappa shape index (κ1) is 32.3. The largest absolute Gasteiger partial charge is 0.349 e. The summed E-state index contributed by atoms with van der Waals surface area (Å²) in [5.41, 5.74) is 1.27. The summed E-state index contributed by atoms with van der Waals surface area (Å²) < 4.78 is 3.03. The van der Waals surface area contributed by atoms with Crippen molar-refractivity contribution in [3.8, 4) is 0 Å². The minimum Gasteiger partial charge on any atom is -0.349 e. The molecule has 2 N–H and O–H groups in total. The van der Waals surface area contributed by atoms with Crippen LogP contribution in [0.15, 0.2) is 53.6 Å². The zero-order valence-electron chi connectivity index (χ0n) is 26.7. The Morgan fingerprint density at radius 1 is 1.13 bits per heavy atom. The van der Waals surface area contributed by atoms with Gasteiger partial charge in [0.1, 0.15) is 6.04 Å². The van der Waals surface area contributed by atoms with Crippen molar-refractivity contribution in [3.63, 3.8) is 0 Å². The highest BCUT2D eigenvalue weighted by atomic mass is 16.2. The van der Waals surface area contributed by atoms with Gasteiger partial charge in [-0.25, -0.2) is 0 Å². The van der Waals surface area contributed by atoms with Crippen LogP contribution in [0.3, 0.4) is 0 Å². The SMILES string of the molecule is CCC(C)(C)NC(=O)C(c1c(C)cnn1C)N(CCn1ccccc1=O)C(=O)c1cccc2c1CN(C1CCC(=O)NC1=O)C2=O. The summed E-state index contributed by atoms with van der Waals surface area (Å²) >= 11 is 0. The van der Waals surface area contributed by atoms with Gasteiger partial charge in [-0.1, -0.05) is 19.1 Å². The third-order valence-electron chi connectivity index (χ3n) is 8.90. The van der Waals surface area contributed by atoms with E-state index in [1.54, 1.807) is 54.5 Å². The molecule has 242 valence electrons. The van der Waals surface area contributed by atoms with Crippen molar-refractivity contribution in [1.29, 1.82) is 0 Å². The molecule has 0 radical (unpaired) electrons. The Morgan fingerprint density at radius 2 is 1.89 bits per heavy atom. The number of pyridine rings is 1. The lowest BCUT2D eigenvalue weighted by atomic mass is 9.98. The summed E-state index contributed by atoms with van der Waals surface area (Å²) in [6, 6.07) is 7.58. The van der Waals surface area contributed by atoms with Gasteiger partial charge in [0.2, 0.25) is 17.7 Å². The van der Waals surface area contributed by atoms with Gasteiger partial charge in [0, 0.05) is 62.0 Å². The van der Waals surface area contributed by atoms with E-state index in [-0.39, 0.29) is 49.2 Å². The van der Waals surface area contributed by atoms with Crippen molar-refractivity contribution in [2.45, 2.75) is 77.7 Å². The van der Waals surface area contributed by atoms with Crippen LogP contribution in [-0.2, 0) is 34.5 Å². The first-order valence-corrected chi connectivity index (χ1v) is 15.4. The van der Waals surface area contributed by atoms with E-state index in [1.807, 2.05) is 27.7 Å². The van der Waals surface area contributed by atoms with Gasteiger partial charge in [-0.15, -0.1) is 0 Å². The van der Waals surface area contributed by atoms with Gasteiger partial charge >= 0.3 is 0 Å². The molecular weight excluding hydrogens is 590 g/mol. The van der Waals surface area contributed by atoms with Crippen molar-refractivity contribution >= 4 is 29.5 Å². The Balaban J connectivity index is 1.59. The van der Waals surface area contributed by atoms with Crippen molar-refractivity contribution in [2.75, 3.05) is 6.54 Å². The van der Waals surface area contributed by atoms with Crippen LogP contribution in [0.2, 0.25) is 0 Å². The van der Waals surface area contributed by atoms with Crippen LogP contribution in [0.5, 0.6) is 0 Å². The van der Waals surface area contributed by atoms with Crippen LogP contribution in [0.1, 0.15) is 83.6 Å². The second-order valence-corrected chi connectivity index (χ2v) is 12.4. The summed E-state index contributed by atoms with van der Waals surface area (Å²) in [5, 5.41) is 9.74. The highest BCUT2D eigenvalue weighted by Gasteiger charge is 2.42. The third kappa shape index (κ3) is 6.22. The monoisotopic (exact) mass is 629 g/mol. The molecule has 1 aromatic carbocycles. The summed E-state index contributed by atoms with van der Waals surface area (Å²) in [6.07, 6.45) is 4.16. The van der Waals surface area contributed by atoms with E-state index in [9.17, 15) is 28.8 Å². The lowest BCUT2D eigenvalue weighted by molar-refractivity contribution is -0.137. The van der Waals surface area contributed by atoms with Crippen molar-refractivity contribution < 1.29 is 24.0 Å². The smallest absolute Gasteiger partial charge is 0.255 e.